The van der Waals surface area contributed by atoms with E-state index in [0.29, 0.717) is 36.0 Å². The maximum atomic E-state index is 13.2. The van der Waals surface area contributed by atoms with E-state index in [4.69, 9.17) is 5.73 Å². The first-order valence-electron chi connectivity index (χ1n) is 10.5. The monoisotopic (exact) mass is 422 g/mol. The number of imidazole rings is 1. The van der Waals surface area contributed by atoms with Crippen LogP contribution in [-0.4, -0.2) is 56.0 Å². The summed E-state index contributed by atoms with van der Waals surface area (Å²) in [6.07, 6.45) is 1.94. The molecule has 2 aliphatic rings. The van der Waals surface area contributed by atoms with Gasteiger partial charge >= 0.3 is 5.69 Å². The molecular weight excluding hydrogens is 396 g/mol. The van der Waals surface area contributed by atoms with Crippen LogP contribution in [0.15, 0.2) is 38.8 Å². The quantitative estimate of drug-likeness (QED) is 0.636. The number of anilines is 1. The van der Waals surface area contributed by atoms with Crippen molar-refractivity contribution in [2.45, 2.75) is 32.0 Å². The Morgan fingerprint density at radius 1 is 1.23 bits per heavy atom. The number of hydrogen-bond donors (Lipinski definition) is 2. The van der Waals surface area contributed by atoms with Gasteiger partial charge in [0.25, 0.3) is 5.56 Å². The zero-order valence-electron chi connectivity index (χ0n) is 17.7. The van der Waals surface area contributed by atoms with Crippen molar-refractivity contribution >= 4 is 28.6 Å². The van der Waals surface area contributed by atoms with Crippen molar-refractivity contribution in [1.29, 1.82) is 0 Å². The van der Waals surface area contributed by atoms with Crippen LogP contribution < -0.4 is 21.9 Å². The highest BCUT2D eigenvalue weighted by Gasteiger charge is 2.24. The van der Waals surface area contributed by atoms with Gasteiger partial charge in [0.1, 0.15) is 5.84 Å². The highest BCUT2D eigenvalue weighted by atomic mass is 16.2. The van der Waals surface area contributed by atoms with Gasteiger partial charge in [-0.25, -0.2) is 9.79 Å². The van der Waals surface area contributed by atoms with Gasteiger partial charge in [0.05, 0.1) is 12.2 Å². The molecule has 3 N–H and O–H groups in total. The molecule has 1 fully saturated rings. The van der Waals surface area contributed by atoms with Crippen molar-refractivity contribution in [2.24, 2.45) is 17.8 Å². The Kier molecular flexibility index (Phi) is 4.66. The van der Waals surface area contributed by atoms with E-state index in [-0.39, 0.29) is 12.6 Å². The lowest BCUT2D eigenvalue weighted by molar-refractivity contribution is 0.469. The summed E-state index contributed by atoms with van der Waals surface area (Å²) in [4.78, 5) is 42.7. The van der Waals surface area contributed by atoms with Gasteiger partial charge in [0.15, 0.2) is 11.2 Å². The summed E-state index contributed by atoms with van der Waals surface area (Å²) < 4.78 is 2.63. The van der Waals surface area contributed by atoms with Gasteiger partial charge in [0.2, 0.25) is 5.95 Å². The Balaban J connectivity index is 1.56. The van der Waals surface area contributed by atoms with Crippen LogP contribution in [0.25, 0.3) is 11.2 Å². The molecule has 31 heavy (non-hydrogen) atoms. The van der Waals surface area contributed by atoms with Crippen LogP contribution in [0.5, 0.6) is 0 Å². The summed E-state index contributed by atoms with van der Waals surface area (Å²) in [5.41, 5.74) is 7.93. The molecule has 0 saturated carbocycles. The van der Waals surface area contributed by atoms with E-state index in [0.717, 1.165) is 30.6 Å². The summed E-state index contributed by atoms with van der Waals surface area (Å²) in [6, 6.07) is 7.96. The van der Waals surface area contributed by atoms with E-state index < -0.39 is 11.2 Å². The number of likely N-dealkylation sites (N-methyl/N-ethyl adjacent to an activating group) is 1. The molecule has 10 heteroatoms. The largest absolute Gasteiger partial charge is 0.357 e. The van der Waals surface area contributed by atoms with Crippen LogP contribution in [-0.2, 0) is 20.1 Å². The van der Waals surface area contributed by atoms with Crippen LogP contribution in [0.3, 0.4) is 0 Å². The van der Waals surface area contributed by atoms with Gasteiger partial charge in [-0.2, -0.15) is 4.98 Å². The van der Waals surface area contributed by atoms with E-state index >= 15 is 0 Å². The van der Waals surface area contributed by atoms with Gasteiger partial charge < -0.3 is 20.5 Å². The van der Waals surface area contributed by atoms with Gasteiger partial charge in [-0.05, 0) is 24.5 Å². The molecule has 0 radical (unpaired) electrons. The number of aromatic nitrogens is 4. The van der Waals surface area contributed by atoms with Crippen LogP contribution in [0, 0.1) is 0 Å². The minimum atomic E-state index is -0.416. The first-order chi connectivity index (χ1) is 14.9. The Morgan fingerprint density at radius 2 is 2.03 bits per heavy atom. The number of rotatable bonds is 3. The predicted octanol–water partition coefficient (Wildman–Crippen LogP) is 0.526. The second kappa shape index (κ2) is 7.38. The lowest BCUT2D eigenvalue weighted by Crippen LogP contribution is -2.44. The SMILES string of the molecule is CN1Cc2ccccc2N=C1Cn1c(=O)c2[nH]c(N3CCCC(N)C3)nc2n(C)c1=O. The fourth-order valence-corrected chi connectivity index (χ4v) is 4.35. The summed E-state index contributed by atoms with van der Waals surface area (Å²) in [5.74, 6) is 1.25. The number of para-hydroxylation sites is 1. The molecular formula is C21H26N8O2. The Labute approximate surface area is 178 Å². The van der Waals surface area contributed by atoms with Crippen molar-refractivity contribution in [2.75, 3.05) is 25.0 Å². The number of nitrogens with two attached hydrogens (primary N) is 1. The van der Waals surface area contributed by atoms with Crippen LogP contribution in [0.1, 0.15) is 18.4 Å². The van der Waals surface area contributed by atoms with E-state index in [1.807, 2.05) is 41.1 Å². The molecule has 0 spiro atoms. The number of nitrogens with one attached hydrogen (secondary N) is 1. The number of benzene rings is 1. The third-order valence-corrected chi connectivity index (χ3v) is 6.11. The second-order valence-corrected chi connectivity index (χ2v) is 8.35. The van der Waals surface area contributed by atoms with E-state index in [1.54, 1.807) is 7.05 Å². The molecule has 1 unspecified atom stereocenters. The normalized spacial score (nSPS) is 18.9. The first kappa shape index (κ1) is 19.6. The minimum absolute atomic E-state index is 0.0742. The van der Waals surface area contributed by atoms with Crippen molar-refractivity contribution in [3.63, 3.8) is 0 Å². The predicted molar refractivity (Wildman–Crippen MR) is 120 cm³/mol. The van der Waals surface area contributed by atoms with E-state index in [2.05, 4.69) is 15.0 Å². The maximum absolute atomic E-state index is 13.2. The molecule has 0 amide bonds. The van der Waals surface area contributed by atoms with Crippen LogP contribution in [0.2, 0.25) is 0 Å². The molecule has 3 aromatic rings. The van der Waals surface area contributed by atoms with E-state index in [1.165, 1.54) is 9.13 Å². The number of nitrogens with zero attached hydrogens (tertiary/aromatic N) is 6. The first-order valence-corrected chi connectivity index (χ1v) is 10.5. The molecule has 0 aliphatic carbocycles. The minimum Gasteiger partial charge on any atom is -0.357 e. The average molecular weight is 422 g/mol. The van der Waals surface area contributed by atoms with Crippen molar-refractivity contribution < 1.29 is 0 Å². The molecule has 4 heterocycles. The number of hydrogen-bond acceptors (Lipinski definition) is 7. The standard InChI is InChI=1S/C21H26N8O2/c1-26-10-13-6-3-4-8-15(13)23-16(26)12-29-19(30)17-18(27(2)21(29)31)25-20(24-17)28-9-5-7-14(22)11-28/h3-4,6,8,14H,5,7,9-12,22H2,1-2H3,(H,24,25). The van der Waals surface area contributed by atoms with Gasteiger partial charge in [-0.3, -0.25) is 13.9 Å². The average Bonchev–Trinajstić information content (AvgIpc) is 3.21. The lowest BCUT2D eigenvalue weighted by atomic mass is 10.1. The Hall–Kier alpha value is -3.40. The fourth-order valence-electron chi connectivity index (χ4n) is 4.35. The third-order valence-electron chi connectivity index (χ3n) is 6.11. The highest BCUT2D eigenvalue weighted by Crippen LogP contribution is 2.25. The van der Waals surface area contributed by atoms with E-state index in [9.17, 15) is 9.59 Å². The Morgan fingerprint density at radius 3 is 2.84 bits per heavy atom. The zero-order valence-corrected chi connectivity index (χ0v) is 17.7. The number of aryl methyl sites for hydroxylation is 1. The maximum Gasteiger partial charge on any atom is 0.332 e. The summed E-state index contributed by atoms with van der Waals surface area (Å²) in [6.45, 7) is 2.25. The molecule has 162 valence electrons. The number of aliphatic imine (C=N–C) groups is 1. The molecule has 0 bridgehead atoms. The topological polar surface area (TPSA) is 118 Å². The van der Waals surface area contributed by atoms with Crippen LogP contribution >= 0.6 is 0 Å². The van der Waals surface area contributed by atoms with Gasteiger partial charge in [-0.15, -0.1) is 0 Å². The number of fused-ring (bicyclic) bond motifs is 2. The van der Waals surface area contributed by atoms with Crippen LogP contribution in [0.4, 0.5) is 11.6 Å². The van der Waals surface area contributed by atoms with Crippen molar-refractivity contribution in [3.8, 4) is 0 Å². The molecule has 1 aromatic carbocycles. The summed E-state index contributed by atoms with van der Waals surface area (Å²) in [5, 5.41) is 0. The smallest absolute Gasteiger partial charge is 0.332 e. The molecule has 10 nitrogen and oxygen atoms in total. The lowest BCUT2D eigenvalue weighted by Gasteiger charge is -2.30. The fraction of sp³-hybridized carbons (Fsp3) is 0.429. The number of aromatic amines is 1. The van der Waals surface area contributed by atoms with Crippen molar-refractivity contribution in [1.82, 2.24) is 24.0 Å². The Bertz CT molecular complexity index is 1300. The molecule has 2 aliphatic heterocycles. The molecule has 5 rings (SSSR count). The summed E-state index contributed by atoms with van der Waals surface area (Å²) in [7, 11) is 3.55. The third kappa shape index (κ3) is 3.32. The zero-order chi connectivity index (χ0) is 21.7. The molecule has 1 atom stereocenters. The second-order valence-electron chi connectivity index (χ2n) is 8.35. The number of piperidine rings is 1. The number of amidine groups is 1. The van der Waals surface area contributed by atoms with Gasteiger partial charge in [-0.1, -0.05) is 18.2 Å². The van der Waals surface area contributed by atoms with Gasteiger partial charge in [0, 0.05) is 39.8 Å². The summed E-state index contributed by atoms with van der Waals surface area (Å²) >= 11 is 0. The van der Waals surface area contributed by atoms with Crippen molar-refractivity contribution in [3.05, 3.63) is 50.7 Å². The molecule has 1 saturated heterocycles. The molecule has 2 aromatic heterocycles. The highest BCUT2D eigenvalue weighted by molar-refractivity contribution is 5.87. The number of H-pyrrole nitrogens is 1.